The number of nitrogen functional groups attached to an aromatic ring is 1. The van der Waals surface area contributed by atoms with Crippen molar-refractivity contribution in [3.05, 3.63) is 41.6 Å². The topological polar surface area (TPSA) is 87.3 Å². The molecule has 23 heavy (non-hydrogen) atoms. The molecule has 6 nitrogen and oxygen atoms in total. The second kappa shape index (κ2) is 8.38. The van der Waals surface area contributed by atoms with E-state index in [4.69, 9.17) is 15.2 Å². The largest absolute Gasteiger partial charge is 0.494 e. The number of benzene rings is 1. The van der Waals surface area contributed by atoms with Crippen LogP contribution in [0.3, 0.4) is 0 Å². The number of para-hydroxylation sites is 1. The van der Waals surface area contributed by atoms with Gasteiger partial charge in [-0.1, -0.05) is 30.0 Å². The molecule has 0 atom stereocenters. The van der Waals surface area contributed by atoms with Crippen molar-refractivity contribution in [2.24, 2.45) is 0 Å². The highest BCUT2D eigenvalue weighted by molar-refractivity contribution is 7.98. The van der Waals surface area contributed by atoms with Crippen LogP contribution >= 0.6 is 11.8 Å². The molecule has 7 heteroatoms. The van der Waals surface area contributed by atoms with Crippen molar-refractivity contribution in [3.63, 3.8) is 0 Å². The summed E-state index contributed by atoms with van der Waals surface area (Å²) in [5.41, 5.74) is 7.05. The molecule has 0 aliphatic rings. The zero-order valence-electron chi connectivity index (χ0n) is 13.1. The van der Waals surface area contributed by atoms with Gasteiger partial charge in [-0.2, -0.15) is 0 Å². The minimum atomic E-state index is -0.511. The normalized spacial score (nSPS) is 10.3. The minimum Gasteiger partial charge on any atom is -0.494 e. The number of rotatable bonds is 7. The van der Waals surface area contributed by atoms with Crippen LogP contribution in [0.2, 0.25) is 0 Å². The number of ether oxygens (including phenoxy) is 2. The predicted molar refractivity (Wildman–Crippen MR) is 89.6 cm³/mol. The molecule has 0 saturated carbocycles. The van der Waals surface area contributed by atoms with Crippen molar-refractivity contribution in [1.82, 2.24) is 9.97 Å². The number of carbonyl (C=O) groups excluding carboxylic acids is 1. The van der Waals surface area contributed by atoms with Gasteiger partial charge in [-0.25, -0.2) is 14.8 Å². The highest BCUT2D eigenvalue weighted by Crippen LogP contribution is 2.26. The fourth-order valence-corrected chi connectivity index (χ4v) is 2.69. The molecule has 0 aliphatic carbocycles. The first kappa shape index (κ1) is 17.1. The smallest absolute Gasteiger partial charge is 0.343 e. The maximum absolute atomic E-state index is 11.7. The molecular weight excluding hydrogens is 314 g/mol. The summed E-state index contributed by atoms with van der Waals surface area (Å²) in [6, 6.07) is 7.81. The fourth-order valence-electron chi connectivity index (χ4n) is 1.88. The van der Waals surface area contributed by atoms with E-state index in [9.17, 15) is 4.79 Å². The van der Waals surface area contributed by atoms with E-state index >= 15 is 0 Å². The van der Waals surface area contributed by atoms with Crippen molar-refractivity contribution in [3.8, 4) is 5.75 Å². The van der Waals surface area contributed by atoms with Crippen molar-refractivity contribution in [1.29, 1.82) is 0 Å². The first-order valence-electron chi connectivity index (χ1n) is 7.28. The van der Waals surface area contributed by atoms with Crippen LogP contribution in [-0.4, -0.2) is 29.2 Å². The van der Waals surface area contributed by atoms with Gasteiger partial charge in [-0.05, 0) is 19.9 Å². The molecule has 0 fully saturated rings. The highest BCUT2D eigenvalue weighted by Gasteiger charge is 2.14. The molecule has 1 aromatic heterocycles. The molecule has 2 N–H and O–H groups in total. The Morgan fingerprint density at radius 2 is 2.04 bits per heavy atom. The number of anilines is 1. The lowest BCUT2D eigenvalue weighted by atomic mass is 10.2. The van der Waals surface area contributed by atoms with Gasteiger partial charge in [0.2, 0.25) is 0 Å². The van der Waals surface area contributed by atoms with Crippen LogP contribution in [0.5, 0.6) is 5.75 Å². The zero-order chi connectivity index (χ0) is 16.7. The summed E-state index contributed by atoms with van der Waals surface area (Å²) in [6.07, 6.45) is 1.40. The van der Waals surface area contributed by atoms with Crippen LogP contribution < -0.4 is 10.5 Å². The summed E-state index contributed by atoms with van der Waals surface area (Å²) in [7, 11) is 0. The second-order valence-electron chi connectivity index (χ2n) is 4.50. The van der Waals surface area contributed by atoms with E-state index in [0.717, 1.165) is 11.3 Å². The quantitative estimate of drug-likeness (QED) is 0.473. The summed E-state index contributed by atoms with van der Waals surface area (Å²) in [6.45, 7) is 4.57. The van der Waals surface area contributed by atoms with Gasteiger partial charge in [0.1, 0.15) is 17.1 Å². The molecule has 0 amide bonds. The third-order valence-electron chi connectivity index (χ3n) is 2.92. The summed E-state index contributed by atoms with van der Waals surface area (Å²) in [5, 5.41) is 0.502. The van der Waals surface area contributed by atoms with Gasteiger partial charge in [-0.3, -0.25) is 0 Å². The number of esters is 1. The number of nitrogens with zero attached hydrogens (tertiary/aromatic N) is 2. The van der Waals surface area contributed by atoms with Gasteiger partial charge in [-0.15, -0.1) is 0 Å². The lowest BCUT2D eigenvalue weighted by Crippen LogP contribution is -2.10. The van der Waals surface area contributed by atoms with Crippen LogP contribution in [-0.2, 0) is 10.5 Å². The van der Waals surface area contributed by atoms with Crippen LogP contribution in [0.1, 0.15) is 29.8 Å². The number of carbonyl (C=O) groups is 1. The first-order chi connectivity index (χ1) is 11.2. The lowest BCUT2D eigenvalue weighted by molar-refractivity contribution is 0.0526. The Morgan fingerprint density at radius 1 is 1.26 bits per heavy atom. The number of aromatic nitrogens is 2. The van der Waals surface area contributed by atoms with Gasteiger partial charge in [0.05, 0.1) is 13.2 Å². The van der Waals surface area contributed by atoms with E-state index in [2.05, 4.69) is 9.97 Å². The van der Waals surface area contributed by atoms with Crippen molar-refractivity contribution in [2.75, 3.05) is 18.9 Å². The summed E-state index contributed by atoms with van der Waals surface area (Å²) in [4.78, 5) is 20.0. The average molecular weight is 333 g/mol. The van der Waals surface area contributed by atoms with Crippen molar-refractivity contribution in [2.45, 2.75) is 24.8 Å². The molecule has 0 unspecified atom stereocenters. The number of thioether (sulfide) groups is 1. The predicted octanol–water partition coefficient (Wildman–Crippen LogP) is 2.93. The van der Waals surface area contributed by atoms with E-state index < -0.39 is 5.97 Å². The second-order valence-corrected chi connectivity index (χ2v) is 5.44. The summed E-state index contributed by atoms with van der Waals surface area (Å²) < 4.78 is 10.5. The summed E-state index contributed by atoms with van der Waals surface area (Å²) >= 11 is 1.43. The maximum Gasteiger partial charge on any atom is 0.343 e. The van der Waals surface area contributed by atoms with E-state index in [-0.39, 0.29) is 18.0 Å². The van der Waals surface area contributed by atoms with E-state index in [1.54, 1.807) is 6.92 Å². The first-order valence-corrected chi connectivity index (χ1v) is 8.27. The van der Waals surface area contributed by atoms with Gasteiger partial charge in [0, 0.05) is 17.5 Å². The van der Waals surface area contributed by atoms with Gasteiger partial charge in [0.25, 0.3) is 0 Å². The molecule has 0 spiro atoms. The van der Waals surface area contributed by atoms with Crippen molar-refractivity contribution >= 4 is 23.5 Å². The lowest BCUT2D eigenvalue weighted by Gasteiger charge is -2.09. The number of nitrogens with two attached hydrogens (primary N) is 1. The van der Waals surface area contributed by atoms with Gasteiger partial charge in [0.15, 0.2) is 5.16 Å². The molecule has 2 aromatic rings. The van der Waals surface area contributed by atoms with E-state index in [1.807, 2.05) is 31.2 Å². The average Bonchev–Trinajstić information content (AvgIpc) is 2.54. The van der Waals surface area contributed by atoms with E-state index in [0.29, 0.717) is 17.5 Å². The molecule has 1 heterocycles. The Balaban J connectivity index is 2.07. The standard InChI is InChI=1S/C16H19N3O3S/c1-3-21-13-8-6-5-7-11(13)10-23-16-18-9-12(14(17)19-16)15(20)22-4-2/h5-9H,3-4,10H2,1-2H3,(H2,17,18,19). The molecule has 122 valence electrons. The highest BCUT2D eigenvalue weighted by atomic mass is 32.2. The fraction of sp³-hybridized carbons (Fsp3) is 0.312. The molecule has 0 saturated heterocycles. The maximum atomic E-state index is 11.7. The molecule has 0 aliphatic heterocycles. The molecule has 1 aromatic carbocycles. The SMILES string of the molecule is CCOC(=O)c1cnc(SCc2ccccc2OCC)nc1N. The van der Waals surface area contributed by atoms with E-state index in [1.165, 1.54) is 18.0 Å². The number of hydrogen-bond donors (Lipinski definition) is 1. The Kier molecular flexibility index (Phi) is 6.22. The van der Waals surface area contributed by atoms with Crippen LogP contribution in [0, 0.1) is 0 Å². The number of hydrogen-bond acceptors (Lipinski definition) is 7. The van der Waals surface area contributed by atoms with Crippen LogP contribution in [0.4, 0.5) is 5.82 Å². The third-order valence-corrected chi connectivity index (χ3v) is 3.83. The van der Waals surface area contributed by atoms with Crippen molar-refractivity contribution < 1.29 is 14.3 Å². The Hall–Kier alpha value is -2.28. The van der Waals surface area contributed by atoms with Crippen LogP contribution in [0.15, 0.2) is 35.6 Å². The molecule has 0 radical (unpaired) electrons. The molecule has 2 rings (SSSR count). The molecule has 0 bridgehead atoms. The minimum absolute atomic E-state index is 0.124. The zero-order valence-corrected chi connectivity index (χ0v) is 13.9. The Morgan fingerprint density at radius 3 is 2.74 bits per heavy atom. The molecular formula is C16H19N3O3S. The third kappa shape index (κ3) is 4.59. The van der Waals surface area contributed by atoms with Gasteiger partial charge >= 0.3 is 5.97 Å². The van der Waals surface area contributed by atoms with Crippen LogP contribution in [0.25, 0.3) is 0 Å². The Labute approximate surface area is 139 Å². The Bertz CT molecular complexity index is 679. The monoisotopic (exact) mass is 333 g/mol. The summed E-state index contributed by atoms with van der Waals surface area (Å²) in [5.74, 6) is 1.11. The van der Waals surface area contributed by atoms with Gasteiger partial charge < -0.3 is 15.2 Å².